The number of rotatable bonds is 7. The third kappa shape index (κ3) is 4.74. The predicted molar refractivity (Wildman–Crippen MR) is 88.7 cm³/mol. The van der Waals surface area contributed by atoms with Crippen LogP contribution >= 0.6 is 0 Å². The number of guanidine groups is 1. The van der Waals surface area contributed by atoms with E-state index in [1.54, 1.807) is 0 Å². The molecule has 4 nitrogen and oxygen atoms in total. The molecule has 21 heavy (non-hydrogen) atoms. The number of nitrogens with two attached hydrogens (primary N) is 1. The quantitative estimate of drug-likeness (QED) is 0.460. The van der Waals surface area contributed by atoms with Gasteiger partial charge in [-0.3, -0.25) is 4.99 Å². The van der Waals surface area contributed by atoms with Crippen LogP contribution in [0.15, 0.2) is 29.3 Å². The minimum atomic E-state index is 0.314. The molecule has 3 N–H and O–H groups in total. The monoisotopic (exact) mass is 289 g/mol. The average Bonchev–Trinajstić information content (AvgIpc) is 2.43. The van der Waals surface area contributed by atoms with Gasteiger partial charge in [-0.05, 0) is 50.7 Å². The molecule has 116 valence electrons. The molecule has 0 aromatic heterocycles. The second-order valence-electron chi connectivity index (χ2n) is 5.99. The Labute approximate surface area is 127 Å². The molecular formula is C17H27N3O. The van der Waals surface area contributed by atoms with Crippen LogP contribution < -0.4 is 11.1 Å². The van der Waals surface area contributed by atoms with E-state index in [1.807, 2.05) is 19.1 Å². The minimum Gasteiger partial charge on any atom is -0.382 e. The Morgan fingerprint density at radius 1 is 1.33 bits per heavy atom. The molecule has 0 amide bonds. The second kappa shape index (κ2) is 7.46. The summed E-state index contributed by atoms with van der Waals surface area (Å²) in [5.41, 5.74) is 8.53. The molecule has 0 saturated heterocycles. The van der Waals surface area contributed by atoms with Crippen molar-refractivity contribution < 1.29 is 4.74 Å². The summed E-state index contributed by atoms with van der Waals surface area (Å²) in [6, 6.07) is 8.16. The van der Waals surface area contributed by atoms with E-state index in [1.165, 1.54) is 24.8 Å². The molecule has 0 spiro atoms. The maximum atomic E-state index is 5.99. The molecule has 0 aliphatic heterocycles. The summed E-state index contributed by atoms with van der Waals surface area (Å²) in [4.78, 5) is 4.54. The lowest BCUT2D eigenvalue weighted by Gasteiger charge is -2.40. The van der Waals surface area contributed by atoms with E-state index < -0.39 is 0 Å². The molecular weight excluding hydrogens is 262 g/mol. The maximum Gasteiger partial charge on any atom is 0.193 e. The molecule has 0 unspecified atom stereocenters. The highest BCUT2D eigenvalue weighted by Crippen LogP contribution is 2.44. The standard InChI is InChI=1S/C17H27N3O/c1-3-21-12-11-17(9-4-10-17)13-19-16(18)20-15-7-5-14(2)6-8-15/h5-8H,3-4,9-13H2,1-2H3,(H3,18,19,20). The van der Waals surface area contributed by atoms with E-state index in [9.17, 15) is 0 Å². The molecule has 0 heterocycles. The average molecular weight is 289 g/mol. The van der Waals surface area contributed by atoms with E-state index in [-0.39, 0.29) is 0 Å². The fourth-order valence-corrected chi connectivity index (χ4v) is 2.67. The highest BCUT2D eigenvalue weighted by molar-refractivity contribution is 5.92. The summed E-state index contributed by atoms with van der Waals surface area (Å²) in [5.74, 6) is 0.501. The Hall–Kier alpha value is -1.55. The largest absolute Gasteiger partial charge is 0.382 e. The summed E-state index contributed by atoms with van der Waals surface area (Å²) >= 11 is 0. The minimum absolute atomic E-state index is 0.314. The molecule has 4 heteroatoms. The molecule has 0 radical (unpaired) electrons. The number of anilines is 1. The first-order valence-electron chi connectivity index (χ1n) is 7.85. The van der Waals surface area contributed by atoms with Crippen molar-refractivity contribution in [2.45, 2.75) is 39.5 Å². The van der Waals surface area contributed by atoms with E-state index in [0.29, 0.717) is 11.4 Å². The zero-order valence-electron chi connectivity index (χ0n) is 13.2. The Balaban J connectivity index is 1.85. The van der Waals surface area contributed by atoms with Gasteiger partial charge in [0, 0.05) is 25.4 Å². The first-order chi connectivity index (χ1) is 10.1. The van der Waals surface area contributed by atoms with Gasteiger partial charge < -0.3 is 15.8 Å². The highest BCUT2D eigenvalue weighted by Gasteiger charge is 2.36. The third-order valence-electron chi connectivity index (χ3n) is 4.30. The van der Waals surface area contributed by atoms with Gasteiger partial charge in [-0.2, -0.15) is 0 Å². The zero-order valence-corrected chi connectivity index (χ0v) is 13.2. The van der Waals surface area contributed by atoms with Gasteiger partial charge in [-0.1, -0.05) is 24.1 Å². The van der Waals surface area contributed by atoms with Crippen molar-refractivity contribution in [3.05, 3.63) is 29.8 Å². The number of hydrogen-bond donors (Lipinski definition) is 2. The van der Waals surface area contributed by atoms with Gasteiger partial charge >= 0.3 is 0 Å². The van der Waals surface area contributed by atoms with Crippen LogP contribution in [0.25, 0.3) is 0 Å². The molecule has 1 aliphatic carbocycles. The van der Waals surface area contributed by atoms with Crippen molar-refractivity contribution in [3.63, 3.8) is 0 Å². The summed E-state index contributed by atoms with van der Waals surface area (Å²) in [6.07, 6.45) is 4.86. The molecule has 0 atom stereocenters. The van der Waals surface area contributed by atoms with Crippen molar-refractivity contribution in [3.8, 4) is 0 Å². The Bertz CT molecular complexity index is 463. The summed E-state index contributed by atoms with van der Waals surface area (Å²) in [5, 5.41) is 3.15. The molecule has 1 fully saturated rings. The first kappa shape index (κ1) is 15.8. The summed E-state index contributed by atoms with van der Waals surface area (Å²) in [7, 11) is 0. The van der Waals surface area contributed by atoms with Crippen LogP contribution in [0.5, 0.6) is 0 Å². The maximum absolute atomic E-state index is 5.99. The van der Waals surface area contributed by atoms with Crippen LogP contribution in [0.3, 0.4) is 0 Å². The lowest BCUT2D eigenvalue weighted by molar-refractivity contribution is 0.0610. The van der Waals surface area contributed by atoms with E-state index in [2.05, 4.69) is 29.4 Å². The van der Waals surface area contributed by atoms with Crippen molar-refractivity contribution >= 4 is 11.6 Å². The fourth-order valence-electron chi connectivity index (χ4n) is 2.67. The van der Waals surface area contributed by atoms with Crippen LogP contribution in [0, 0.1) is 12.3 Å². The van der Waals surface area contributed by atoms with E-state index >= 15 is 0 Å². The van der Waals surface area contributed by atoms with Crippen LogP contribution in [0.2, 0.25) is 0 Å². The topological polar surface area (TPSA) is 59.6 Å². The summed E-state index contributed by atoms with van der Waals surface area (Å²) < 4.78 is 5.48. The summed E-state index contributed by atoms with van der Waals surface area (Å²) in [6.45, 7) is 6.52. The van der Waals surface area contributed by atoms with Crippen molar-refractivity contribution in [2.24, 2.45) is 16.1 Å². The normalized spacial score (nSPS) is 17.3. The van der Waals surface area contributed by atoms with E-state index in [4.69, 9.17) is 10.5 Å². The van der Waals surface area contributed by atoms with Crippen LogP contribution in [-0.4, -0.2) is 25.7 Å². The molecule has 1 aromatic rings. The number of aliphatic imine (C=N–C) groups is 1. The van der Waals surface area contributed by atoms with Crippen molar-refractivity contribution in [1.29, 1.82) is 0 Å². The first-order valence-corrected chi connectivity index (χ1v) is 7.85. The lowest BCUT2D eigenvalue weighted by atomic mass is 9.67. The number of aryl methyl sites for hydroxylation is 1. The van der Waals surface area contributed by atoms with E-state index in [0.717, 1.165) is 31.9 Å². The number of nitrogens with one attached hydrogen (secondary N) is 1. The molecule has 0 bridgehead atoms. The van der Waals surface area contributed by atoms with Crippen molar-refractivity contribution in [2.75, 3.05) is 25.1 Å². The SMILES string of the molecule is CCOCCC1(CN=C(N)Nc2ccc(C)cc2)CCC1. The second-order valence-corrected chi connectivity index (χ2v) is 5.99. The molecule has 1 saturated carbocycles. The number of nitrogens with zero attached hydrogens (tertiary/aromatic N) is 1. The van der Waals surface area contributed by atoms with Gasteiger partial charge in [0.2, 0.25) is 0 Å². The van der Waals surface area contributed by atoms with Gasteiger partial charge in [0.1, 0.15) is 0 Å². The van der Waals surface area contributed by atoms with Crippen LogP contribution in [0.4, 0.5) is 5.69 Å². The van der Waals surface area contributed by atoms with Gasteiger partial charge in [0.05, 0.1) is 0 Å². The Morgan fingerprint density at radius 3 is 2.62 bits per heavy atom. The Morgan fingerprint density at radius 2 is 2.05 bits per heavy atom. The fraction of sp³-hybridized carbons (Fsp3) is 0.588. The third-order valence-corrected chi connectivity index (χ3v) is 4.30. The lowest BCUT2D eigenvalue weighted by Crippen LogP contribution is -2.35. The molecule has 2 rings (SSSR count). The molecule has 1 aliphatic rings. The van der Waals surface area contributed by atoms with Gasteiger partial charge in [0.25, 0.3) is 0 Å². The predicted octanol–water partition coefficient (Wildman–Crippen LogP) is 3.32. The van der Waals surface area contributed by atoms with Gasteiger partial charge in [0.15, 0.2) is 5.96 Å². The zero-order chi connectivity index (χ0) is 15.1. The van der Waals surface area contributed by atoms with Gasteiger partial charge in [-0.15, -0.1) is 0 Å². The number of ether oxygens (including phenoxy) is 1. The molecule has 1 aromatic carbocycles. The Kier molecular flexibility index (Phi) is 5.62. The van der Waals surface area contributed by atoms with Gasteiger partial charge in [-0.25, -0.2) is 0 Å². The number of hydrogen-bond acceptors (Lipinski definition) is 2. The smallest absolute Gasteiger partial charge is 0.193 e. The van der Waals surface area contributed by atoms with Crippen LogP contribution in [0.1, 0.15) is 38.2 Å². The highest BCUT2D eigenvalue weighted by atomic mass is 16.5. The van der Waals surface area contributed by atoms with Crippen molar-refractivity contribution in [1.82, 2.24) is 0 Å². The number of benzene rings is 1. The van der Waals surface area contributed by atoms with Crippen LogP contribution in [-0.2, 0) is 4.74 Å².